The molecule has 0 bridgehead atoms. The maximum absolute atomic E-state index is 13.2. The van der Waals surface area contributed by atoms with Gasteiger partial charge in [0, 0.05) is 0 Å². The monoisotopic (exact) mass is 1080 g/mol. The zero-order valence-electron chi connectivity index (χ0n) is 49.8. The van der Waals surface area contributed by atoms with Crippen molar-refractivity contribution in [2.45, 2.75) is 384 Å². The van der Waals surface area contributed by atoms with E-state index in [1.165, 1.54) is 250 Å². The third-order valence-corrected chi connectivity index (χ3v) is 16.3. The second-order valence-corrected chi connectivity index (χ2v) is 23.5. The Morgan fingerprint density at radius 1 is 0.447 bits per heavy atom. The number of hydrogen-bond acceptors (Lipinski definition) is 10. The van der Waals surface area contributed by atoms with Gasteiger partial charge in [0.05, 0.1) is 25.4 Å². The van der Waals surface area contributed by atoms with Gasteiger partial charge < -0.3 is 50.5 Å². The third kappa shape index (κ3) is 41.8. The lowest BCUT2D eigenvalue weighted by Crippen LogP contribution is -2.60. The number of allylic oxidation sites excluding steroid dienone is 2. The lowest BCUT2D eigenvalue weighted by molar-refractivity contribution is -0.303. The van der Waals surface area contributed by atoms with Crippen molar-refractivity contribution in [2.24, 2.45) is 0 Å². The summed E-state index contributed by atoms with van der Waals surface area (Å²) in [6.45, 7) is 3.51. The van der Waals surface area contributed by atoms with Crippen molar-refractivity contribution < 1.29 is 50.0 Å². The predicted octanol–water partition coefficient (Wildman–Crippen LogP) is 15.1. The lowest BCUT2D eigenvalue weighted by Gasteiger charge is -2.40. The Morgan fingerprint density at radius 2 is 0.763 bits per heavy atom. The molecule has 1 fully saturated rings. The molecule has 452 valence electrons. The van der Waals surface area contributed by atoms with Crippen molar-refractivity contribution >= 4 is 5.91 Å². The van der Waals surface area contributed by atoms with Crippen LogP contribution >= 0.6 is 0 Å². The SMILES string of the molecule is CCCCCCCCCCCCCC/C=C\CCCCCCCCCCCCCC(O)C(=O)NC(COC1OC(CO)C(O)C(O)C1O)C(O)C(O)CCCCCCCCCCCCCCCCCCCCCCCC. The summed E-state index contributed by atoms with van der Waals surface area (Å²) >= 11 is 0. The second-order valence-electron chi connectivity index (χ2n) is 23.5. The number of amides is 1. The fourth-order valence-corrected chi connectivity index (χ4v) is 11.0. The van der Waals surface area contributed by atoms with Gasteiger partial charge in [-0.05, 0) is 38.5 Å². The van der Waals surface area contributed by atoms with E-state index < -0.39 is 74.2 Å². The van der Waals surface area contributed by atoms with E-state index in [1.54, 1.807) is 0 Å². The number of carbonyl (C=O) groups excluding carboxylic acids is 1. The first-order valence-electron chi connectivity index (χ1n) is 33.1. The van der Waals surface area contributed by atoms with E-state index >= 15 is 0 Å². The van der Waals surface area contributed by atoms with Gasteiger partial charge >= 0.3 is 0 Å². The normalized spacial score (nSPS) is 19.6. The van der Waals surface area contributed by atoms with Crippen molar-refractivity contribution in [1.82, 2.24) is 5.32 Å². The van der Waals surface area contributed by atoms with E-state index in [4.69, 9.17) is 9.47 Å². The molecule has 0 spiro atoms. The smallest absolute Gasteiger partial charge is 0.249 e. The van der Waals surface area contributed by atoms with Crippen LogP contribution in [0.3, 0.4) is 0 Å². The highest BCUT2D eigenvalue weighted by Crippen LogP contribution is 2.24. The Balaban J connectivity index is 2.23. The molecule has 0 aromatic carbocycles. The molecule has 11 nitrogen and oxygen atoms in total. The molecule has 9 atom stereocenters. The minimum atomic E-state index is -1.66. The minimum absolute atomic E-state index is 0.263. The quantitative estimate of drug-likeness (QED) is 0.0215. The topological polar surface area (TPSA) is 189 Å². The summed E-state index contributed by atoms with van der Waals surface area (Å²) in [6, 6.07) is -1.17. The van der Waals surface area contributed by atoms with Crippen LogP contribution in [0.25, 0.3) is 0 Å². The molecule has 9 unspecified atom stereocenters. The van der Waals surface area contributed by atoms with Gasteiger partial charge in [0.25, 0.3) is 0 Å². The maximum atomic E-state index is 13.2. The van der Waals surface area contributed by atoms with E-state index in [9.17, 15) is 40.5 Å². The molecule has 1 aliphatic heterocycles. The molecule has 0 aromatic heterocycles. The Morgan fingerprint density at radius 3 is 1.11 bits per heavy atom. The first-order chi connectivity index (χ1) is 37.2. The number of carbonyl (C=O) groups is 1. The number of nitrogens with one attached hydrogen (secondary N) is 1. The molecule has 1 aliphatic rings. The third-order valence-electron chi connectivity index (χ3n) is 16.3. The first kappa shape index (κ1) is 72.9. The molecule has 0 saturated carbocycles. The van der Waals surface area contributed by atoms with Crippen LogP contribution in [0.4, 0.5) is 0 Å². The lowest BCUT2D eigenvalue weighted by atomic mass is 9.98. The highest BCUT2D eigenvalue weighted by molar-refractivity contribution is 5.80. The fraction of sp³-hybridized carbons (Fsp3) is 0.954. The largest absolute Gasteiger partial charge is 0.394 e. The number of rotatable bonds is 58. The van der Waals surface area contributed by atoms with Gasteiger partial charge in [-0.25, -0.2) is 0 Å². The van der Waals surface area contributed by atoms with Crippen LogP contribution in [0.2, 0.25) is 0 Å². The van der Waals surface area contributed by atoms with Gasteiger partial charge in [-0.15, -0.1) is 0 Å². The van der Waals surface area contributed by atoms with Crippen molar-refractivity contribution in [3.8, 4) is 0 Å². The second kappa shape index (κ2) is 54.4. The number of aliphatic hydroxyl groups is 7. The number of ether oxygens (including phenoxy) is 2. The molecular weight excluding hydrogens is 955 g/mol. The Bertz CT molecular complexity index is 1240. The highest BCUT2D eigenvalue weighted by atomic mass is 16.7. The van der Waals surface area contributed by atoms with Gasteiger partial charge in [-0.3, -0.25) is 4.79 Å². The van der Waals surface area contributed by atoms with Crippen LogP contribution in [0.5, 0.6) is 0 Å². The molecular formula is C65H127NO10. The summed E-state index contributed by atoms with van der Waals surface area (Å²) in [7, 11) is 0. The average Bonchev–Trinajstić information content (AvgIpc) is 3.42. The standard InChI is InChI=1S/C65H127NO10/c1-3-5-7-9-11-13-15-17-19-21-23-25-27-28-29-30-31-33-35-37-39-41-43-45-47-49-51-53-58(69)64(74)66-56(55-75-65-63(73)62(72)61(71)59(54-67)76-65)60(70)57(68)52-50-48-46-44-42-40-38-36-34-32-26-24-22-20-18-16-14-12-10-8-6-4-2/h28-29,56-63,65,67-73H,3-27,30-55H2,1-2H3,(H,66,74)/b29-28-. The Hall–Kier alpha value is -1.15. The summed E-state index contributed by atoms with van der Waals surface area (Å²) in [4.78, 5) is 13.2. The van der Waals surface area contributed by atoms with Gasteiger partial charge in [0.1, 0.15) is 36.6 Å². The van der Waals surface area contributed by atoms with Gasteiger partial charge in [-0.1, -0.05) is 302 Å². The molecule has 0 aromatic rings. The van der Waals surface area contributed by atoms with E-state index in [-0.39, 0.29) is 6.42 Å². The Labute approximate surface area is 468 Å². The number of hydrogen-bond donors (Lipinski definition) is 8. The van der Waals surface area contributed by atoms with Crippen molar-refractivity contribution in [3.05, 3.63) is 12.2 Å². The summed E-state index contributed by atoms with van der Waals surface area (Å²) in [5.41, 5.74) is 0. The molecule has 76 heavy (non-hydrogen) atoms. The fourth-order valence-electron chi connectivity index (χ4n) is 11.0. The summed E-state index contributed by atoms with van der Waals surface area (Å²) in [5, 5.41) is 76.4. The zero-order valence-corrected chi connectivity index (χ0v) is 49.8. The zero-order chi connectivity index (χ0) is 55.4. The predicted molar refractivity (Wildman–Crippen MR) is 316 cm³/mol. The van der Waals surface area contributed by atoms with Crippen molar-refractivity contribution in [1.29, 1.82) is 0 Å². The molecule has 1 saturated heterocycles. The van der Waals surface area contributed by atoms with Crippen LogP contribution in [-0.2, 0) is 14.3 Å². The van der Waals surface area contributed by atoms with Crippen LogP contribution in [0.1, 0.15) is 328 Å². The summed E-state index contributed by atoms with van der Waals surface area (Å²) in [6.07, 6.45) is 54.2. The molecule has 0 aliphatic carbocycles. The average molecular weight is 1080 g/mol. The van der Waals surface area contributed by atoms with Gasteiger partial charge in [0.2, 0.25) is 5.91 Å². The van der Waals surface area contributed by atoms with Crippen molar-refractivity contribution in [3.63, 3.8) is 0 Å². The molecule has 11 heteroatoms. The van der Waals surface area contributed by atoms with E-state index in [2.05, 4.69) is 31.3 Å². The van der Waals surface area contributed by atoms with Gasteiger partial charge in [-0.2, -0.15) is 0 Å². The number of aliphatic hydroxyl groups excluding tert-OH is 7. The summed E-state index contributed by atoms with van der Waals surface area (Å²) < 4.78 is 11.2. The first-order valence-corrected chi connectivity index (χ1v) is 33.1. The highest BCUT2D eigenvalue weighted by Gasteiger charge is 2.44. The van der Waals surface area contributed by atoms with Gasteiger partial charge in [0.15, 0.2) is 6.29 Å². The van der Waals surface area contributed by atoms with Crippen LogP contribution < -0.4 is 5.32 Å². The maximum Gasteiger partial charge on any atom is 0.249 e. The molecule has 1 amide bonds. The molecule has 0 radical (unpaired) electrons. The van der Waals surface area contributed by atoms with Crippen LogP contribution in [0.15, 0.2) is 12.2 Å². The molecule has 1 heterocycles. The van der Waals surface area contributed by atoms with E-state index in [0.717, 1.165) is 38.5 Å². The van der Waals surface area contributed by atoms with E-state index in [1.807, 2.05) is 0 Å². The summed E-state index contributed by atoms with van der Waals surface area (Å²) in [5.74, 6) is -0.691. The number of unbranched alkanes of at least 4 members (excludes halogenated alkanes) is 44. The molecule has 1 rings (SSSR count). The van der Waals surface area contributed by atoms with E-state index in [0.29, 0.717) is 19.3 Å². The molecule has 8 N–H and O–H groups in total. The van der Waals surface area contributed by atoms with Crippen LogP contribution in [-0.4, -0.2) is 110 Å². The Kier molecular flexibility index (Phi) is 52.2. The van der Waals surface area contributed by atoms with Crippen molar-refractivity contribution in [2.75, 3.05) is 13.2 Å². The van der Waals surface area contributed by atoms with Crippen LogP contribution in [0, 0.1) is 0 Å². The minimum Gasteiger partial charge on any atom is -0.394 e.